The number of nitrogens with zero attached hydrogens (tertiary/aromatic N) is 3. The Morgan fingerprint density at radius 3 is 2.46 bits per heavy atom. The summed E-state index contributed by atoms with van der Waals surface area (Å²) in [5, 5.41) is 18.5. The van der Waals surface area contributed by atoms with Crippen molar-refractivity contribution < 1.29 is 14.5 Å². The van der Waals surface area contributed by atoms with E-state index in [1.54, 1.807) is 25.1 Å². The number of rotatable bonds is 9. The molecule has 0 aliphatic carbocycles. The number of carbonyl (C=O) groups is 1. The first-order valence-electron chi connectivity index (χ1n) is 11.9. The highest BCUT2D eigenvalue weighted by molar-refractivity contribution is 5.83. The minimum Gasteiger partial charge on any atom is -0.477 e. The Morgan fingerprint density at radius 2 is 1.84 bits per heavy atom. The standard InChI is InChI=1S/C27H33N5O5/c1-18-21(25(34)31(30-18)20-10-8-7-9-11-20)15-28-29-24(33)16-37-23-13-12-19(14-22(23)32(35)36)27(5,6)17-26(2,3)4/h7-15,30H,16-17H2,1-6H3,(H,29,33)/b28-15-. The molecule has 1 amide bonds. The summed E-state index contributed by atoms with van der Waals surface area (Å²) >= 11 is 0. The number of aromatic amines is 1. The van der Waals surface area contributed by atoms with Crippen LogP contribution in [0.3, 0.4) is 0 Å². The molecule has 0 aliphatic rings. The molecule has 10 heteroatoms. The van der Waals surface area contributed by atoms with Gasteiger partial charge in [-0.05, 0) is 47.9 Å². The SMILES string of the molecule is Cc1[nH]n(-c2ccccc2)c(=O)c1/C=N\NC(=O)COc1ccc(C(C)(C)CC(C)(C)C)cc1[N+](=O)[O-]. The molecule has 0 aliphatic heterocycles. The van der Waals surface area contributed by atoms with Gasteiger partial charge < -0.3 is 4.74 Å². The fourth-order valence-electron chi connectivity index (χ4n) is 4.45. The molecule has 2 aromatic carbocycles. The number of aryl methyl sites for hydroxylation is 1. The summed E-state index contributed by atoms with van der Waals surface area (Å²) in [6.45, 7) is 11.7. The predicted octanol–water partition coefficient (Wildman–Crippen LogP) is 4.63. The number of hydrogen-bond donors (Lipinski definition) is 2. The highest BCUT2D eigenvalue weighted by Crippen LogP contribution is 2.39. The predicted molar refractivity (Wildman–Crippen MR) is 143 cm³/mol. The second-order valence-electron chi connectivity index (χ2n) is 10.8. The van der Waals surface area contributed by atoms with Crippen LogP contribution < -0.4 is 15.7 Å². The van der Waals surface area contributed by atoms with Crippen LogP contribution in [0.25, 0.3) is 5.69 Å². The smallest absolute Gasteiger partial charge is 0.311 e. The summed E-state index contributed by atoms with van der Waals surface area (Å²) in [4.78, 5) is 36.1. The summed E-state index contributed by atoms with van der Waals surface area (Å²) in [5.74, 6) is -0.633. The van der Waals surface area contributed by atoms with Crippen LogP contribution in [0.15, 0.2) is 58.4 Å². The molecule has 1 heterocycles. The van der Waals surface area contributed by atoms with E-state index >= 15 is 0 Å². The minimum absolute atomic E-state index is 0.00772. The van der Waals surface area contributed by atoms with Gasteiger partial charge in [-0.1, -0.05) is 58.9 Å². The van der Waals surface area contributed by atoms with Gasteiger partial charge in [0.15, 0.2) is 12.4 Å². The maximum Gasteiger partial charge on any atom is 0.311 e. The van der Waals surface area contributed by atoms with Gasteiger partial charge in [0.2, 0.25) is 0 Å². The number of para-hydroxylation sites is 1. The summed E-state index contributed by atoms with van der Waals surface area (Å²) in [6, 6.07) is 13.9. The molecular weight excluding hydrogens is 474 g/mol. The van der Waals surface area contributed by atoms with E-state index in [0.29, 0.717) is 11.4 Å². The summed E-state index contributed by atoms with van der Waals surface area (Å²) in [5.41, 5.74) is 3.87. The van der Waals surface area contributed by atoms with Crippen molar-refractivity contribution in [3.05, 3.63) is 85.8 Å². The van der Waals surface area contributed by atoms with E-state index in [4.69, 9.17) is 4.74 Å². The molecular formula is C27H33N5O5. The summed E-state index contributed by atoms with van der Waals surface area (Å²) < 4.78 is 6.82. The van der Waals surface area contributed by atoms with Crippen LogP contribution in [0, 0.1) is 22.5 Å². The molecule has 0 unspecified atom stereocenters. The topological polar surface area (TPSA) is 132 Å². The van der Waals surface area contributed by atoms with E-state index < -0.39 is 17.4 Å². The largest absolute Gasteiger partial charge is 0.477 e. The Bertz CT molecular complexity index is 1360. The number of nitrogens with one attached hydrogen (secondary N) is 2. The van der Waals surface area contributed by atoms with Gasteiger partial charge in [0, 0.05) is 11.8 Å². The molecule has 3 aromatic rings. The van der Waals surface area contributed by atoms with Gasteiger partial charge in [0.05, 0.1) is 22.4 Å². The Labute approximate surface area is 215 Å². The minimum atomic E-state index is -0.626. The number of carbonyl (C=O) groups excluding carboxylic acids is 1. The highest BCUT2D eigenvalue weighted by Gasteiger charge is 2.30. The van der Waals surface area contributed by atoms with Crippen LogP contribution >= 0.6 is 0 Å². The molecule has 37 heavy (non-hydrogen) atoms. The number of nitro groups is 1. The number of ether oxygens (including phenoxy) is 1. The molecule has 0 bridgehead atoms. The number of benzene rings is 2. The maximum atomic E-state index is 12.7. The van der Waals surface area contributed by atoms with Gasteiger partial charge >= 0.3 is 5.69 Å². The van der Waals surface area contributed by atoms with Crippen LogP contribution in [-0.2, 0) is 10.2 Å². The molecule has 196 valence electrons. The van der Waals surface area contributed by atoms with Crippen molar-refractivity contribution in [3.63, 3.8) is 0 Å². The number of hydrogen-bond acceptors (Lipinski definition) is 6. The molecule has 0 radical (unpaired) electrons. The van der Waals surface area contributed by atoms with Crippen LogP contribution in [0.4, 0.5) is 5.69 Å². The molecule has 3 rings (SSSR count). The fraction of sp³-hybridized carbons (Fsp3) is 0.370. The first-order valence-corrected chi connectivity index (χ1v) is 11.9. The van der Waals surface area contributed by atoms with E-state index in [9.17, 15) is 19.7 Å². The Balaban J connectivity index is 1.67. The Morgan fingerprint density at radius 1 is 1.16 bits per heavy atom. The normalized spacial score (nSPS) is 12.1. The van der Waals surface area contributed by atoms with Crippen LogP contribution in [0.1, 0.15) is 57.9 Å². The zero-order valence-corrected chi connectivity index (χ0v) is 22.0. The molecule has 0 fully saturated rings. The lowest BCUT2D eigenvalue weighted by Gasteiger charge is -2.33. The van der Waals surface area contributed by atoms with Gasteiger partial charge in [-0.15, -0.1) is 0 Å². The van der Waals surface area contributed by atoms with E-state index in [1.165, 1.54) is 23.0 Å². The van der Waals surface area contributed by atoms with Crippen molar-refractivity contribution in [1.82, 2.24) is 15.2 Å². The Hall–Kier alpha value is -4.21. The lowest BCUT2D eigenvalue weighted by Crippen LogP contribution is -2.26. The van der Waals surface area contributed by atoms with Crippen molar-refractivity contribution in [1.29, 1.82) is 0 Å². The van der Waals surface area contributed by atoms with Gasteiger partial charge in [0.25, 0.3) is 11.5 Å². The monoisotopic (exact) mass is 507 g/mol. The molecule has 0 saturated heterocycles. The second-order valence-corrected chi connectivity index (χ2v) is 10.8. The highest BCUT2D eigenvalue weighted by atomic mass is 16.6. The average Bonchev–Trinajstić information content (AvgIpc) is 3.10. The van der Waals surface area contributed by atoms with Gasteiger partial charge in [-0.25, -0.2) is 10.1 Å². The van der Waals surface area contributed by atoms with Crippen LogP contribution in [0.5, 0.6) is 5.75 Å². The van der Waals surface area contributed by atoms with Crippen LogP contribution in [0.2, 0.25) is 0 Å². The molecule has 10 nitrogen and oxygen atoms in total. The third-order valence-corrected chi connectivity index (χ3v) is 5.78. The third kappa shape index (κ3) is 6.93. The van der Waals surface area contributed by atoms with Crippen molar-refractivity contribution in [3.8, 4) is 11.4 Å². The molecule has 0 saturated carbocycles. The van der Waals surface area contributed by atoms with Gasteiger partial charge in [-0.2, -0.15) is 5.10 Å². The zero-order valence-electron chi connectivity index (χ0n) is 22.0. The number of nitro benzene ring substituents is 1. The quantitative estimate of drug-likeness (QED) is 0.248. The second kappa shape index (κ2) is 10.8. The maximum absolute atomic E-state index is 12.7. The van der Waals surface area contributed by atoms with E-state index in [-0.39, 0.29) is 33.4 Å². The lowest BCUT2D eigenvalue weighted by atomic mass is 9.72. The Kier molecular flexibility index (Phi) is 8.00. The van der Waals surface area contributed by atoms with Crippen molar-refractivity contribution in [2.45, 2.75) is 53.4 Å². The first-order chi connectivity index (χ1) is 17.3. The van der Waals surface area contributed by atoms with E-state index in [1.807, 2.05) is 32.0 Å². The first kappa shape index (κ1) is 27.4. The lowest BCUT2D eigenvalue weighted by molar-refractivity contribution is -0.385. The van der Waals surface area contributed by atoms with Crippen molar-refractivity contribution in [2.75, 3.05) is 6.61 Å². The summed E-state index contributed by atoms with van der Waals surface area (Å²) in [6.07, 6.45) is 2.08. The zero-order chi connectivity index (χ0) is 27.4. The van der Waals surface area contributed by atoms with E-state index in [2.05, 4.69) is 36.4 Å². The molecule has 0 atom stereocenters. The number of amides is 1. The summed E-state index contributed by atoms with van der Waals surface area (Å²) in [7, 11) is 0. The third-order valence-electron chi connectivity index (χ3n) is 5.78. The van der Waals surface area contributed by atoms with E-state index in [0.717, 1.165) is 12.0 Å². The molecule has 1 aromatic heterocycles. The van der Waals surface area contributed by atoms with Crippen LogP contribution in [-0.4, -0.2) is 33.4 Å². The molecule has 2 N–H and O–H groups in total. The van der Waals surface area contributed by atoms with Crippen molar-refractivity contribution >= 4 is 17.8 Å². The average molecular weight is 508 g/mol. The fourth-order valence-corrected chi connectivity index (χ4v) is 4.45. The number of hydrazone groups is 1. The number of H-pyrrole nitrogens is 1. The van der Waals surface area contributed by atoms with Gasteiger partial charge in [-0.3, -0.25) is 24.8 Å². The number of aromatic nitrogens is 2. The van der Waals surface area contributed by atoms with Crippen molar-refractivity contribution in [2.24, 2.45) is 10.5 Å². The molecule has 0 spiro atoms. The van der Waals surface area contributed by atoms with Gasteiger partial charge in [0.1, 0.15) is 0 Å².